The van der Waals surface area contributed by atoms with Crippen LogP contribution in [0.25, 0.3) is 10.2 Å². The van der Waals surface area contributed by atoms with Crippen molar-refractivity contribution in [2.24, 2.45) is 5.10 Å². The molecule has 0 saturated carbocycles. The predicted octanol–water partition coefficient (Wildman–Crippen LogP) is 6.33. The highest BCUT2D eigenvalue weighted by Gasteiger charge is 2.21. The first kappa shape index (κ1) is 22.1. The summed E-state index contributed by atoms with van der Waals surface area (Å²) in [7, 11) is 0. The first-order valence-corrected chi connectivity index (χ1v) is 10.7. The van der Waals surface area contributed by atoms with Crippen LogP contribution in [0.4, 0.5) is 13.9 Å². The summed E-state index contributed by atoms with van der Waals surface area (Å²) >= 11 is 13.1. The van der Waals surface area contributed by atoms with Crippen molar-refractivity contribution in [1.29, 1.82) is 0 Å². The van der Waals surface area contributed by atoms with Crippen molar-refractivity contribution < 1.29 is 18.3 Å². The number of ether oxygens (including phenoxy) is 1. The number of thiazole rings is 1. The number of hydrogen-bond donors (Lipinski definition) is 0. The number of amides is 1. The molecule has 0 N–H and O–H groups in total. The third kappa shape index (κ3) is 5.21. The maximum Gasteiger partial charge on any atom is 0.287 e. The first-order chi connectivity index (χ1) is 15.4. The number of hydrazone groups is 1. The Balaban J connectivity index is 1.62. The Hall–Kier alpha value is -3.07. The van der Waals surface area contributed by atoms with E-state index in [1.165, 1.54) is 54.7 Å². The van der Waals surface area contributed by atoms with Crippen LogP contribution in [0.5, 0.6) is 5.75 Å². The maximum atomic E-state index is 13.6. The molecule has 4 aromatic rings. The van der Waals surface area contributed by atoms with Crippen molar-refractivity contribution in [2.75, 3.05) is 11.6 Å². The van der Waals surface area contributed by atoms with Gasteiger partial charge >= 0.3 is 0 Å². The number of rotatable bonds is 6. The van der Waals surface area contributed by atoms with Gasteiger partial charge in [0.05, 0.1) is 21.5 Å². The van der Waals surface area contributed by atoms with Gasteiger partial charge in [-0.2, -0.15) is 10.1 Å². The van der Waals surface area contributed by atoms with Gasteiger partial charge in [0.25, 0.3) is 5.91 Å². The Kier molecular flexibility index (Phi) is 6.64. The van der Waals surface area contributed by atoms with E-state index in [0.717, 1.165) is 16.3 Å². The van der Waals surface area contributed by atoms with Crippen LogP contribution in [0, 0.1) is 11.6 Å². The Morgan fingerprint density at radius 3 is 2.56 bits per heavy atom. The van der Waals surface area contributed by atoms with Gasteiger partial charge in [0.1, 0.15) is 17.4 Å². The molecule has 162 valence electrons. The summed E-state index contributed by atoms with van der Waals surface area (Å²) in [5.41, 5.74) is 1.08. The molecule has 0 saturated heterocycles. The average Bonchev–Trinajstić information content (AvgIpc) is 3.17. The van der Waals surface area contributed by atoms with Crippen LogP contribution in [0.3, 0.4) is 0 Å². The summed E-state index contributed by atoms with van der Waals surface area (Å²) in [6.07, 6.45) is 1.39. The highest BCUT2D eigenvalue weighted by Crippen LogP contribution is 2.31. The maximum absolute atomic E-state index is 13.6. The van der Waals surface area contributed by atoms with E-state index in [1.54, 1.807) is 12.1 Å². The molecule has 0 aliphatic rings. The normalized spacial score (nSPS) is 11.2. The number of aromatic nitrogens is 1. The summed E-state index contributed by atoms with van der Waals surface area (Å²) in [6.45, 7) is -0.396. The van der Waals surface area contributed by atoms with Crippen molar-refractivity contribution in [3.05, 3.63) is 87.9 Å². The average molecular weight is 492 g/mol. The lowest BCUT2D eigenvalue weighted by Crippen LogP contribution is -2.30. The van der Waals surface area contributed by atoms with Crippen molar-refractivity contribution in [3.8, 4) is 5.75 Å². The number of halogens is 4. The van der Waals surface area contributed by atoms with E-state index >= 15 is 0 Å². The van der Waals surface area contributed by atoms with E-state index in [9.17, 15) is 13.6 Å². The molecule has 32 heavy (non-hydrogen) atoms. The Morgan fingerprint density at radius 2 is 1.81 bits per heavy atom. The lowest BCUT2D eigenvalue weighted by Gasteiger charge is -2.15. The molecule has 0 unspecified atom stereocenters. The van der Waals surface area contributed by atoms with Crippen LogP contribution >= 0.6 is 34.5 Å². The fourth-order valence-corrected chi connectivity index (χ4v) is 4.09. The Bertz CT molecular complexity index is 1310. The number of nitrogens with zero attached hydrogens (tertiary/aromatic N) is 3. The first-order valence-electron chi connectivity index (χ1n) is 9.15. The highest BCUT2D eigenvalue weighted by atomic mass is 35.5. The second-order valence-electron chi connectivity index (χ2n) is 6.47. The van der Waals surface area contributed by atoms with Crippen LogP contribution < -0.4 is 9.75 Å². The molecule has 0 radical (unpaired) electrons. The minimum absolute atomic E-state index is 0.222. The van der Waals surface area contributed by atoms with Crippen LogP contribution in [-0.4, -0.2) is 23.7 Å². The molecule has 5 nitrogen and oxygen atoms in total. The molecule has 3 aromatic carbocycles. The largest absolute Gasteiger partial charge is 0.482 e. The van der Waals surface area contributed by atoms with Gasteiger partial charge in [-0.15, -0.1) is 0 Å². The van der Waals surface area contributed by atoms with Gasteiger partial charge in [0.2, 0.25) is 5.13 Å². The van der Waals surface area contributed by atoms with Crippen LogP contribution in [0.15, 0.2) is 65.8 Å². The molecule has 4 rings (SSSR count). The van der Waals surface area contributed by atoms with E-state index < -0.39 is 24.1 Å². The monoisotopic (exact) mass is 491 g/mol. The van der Waals surface area contributed by atoms with Gasteiger partial charge in [0.15, 0.2) is 6.61 Å². The van der Waals surface area contributed by atoms with E-state index in [2.05, 4.69) is 10.1 Å². The number of hydrogen-bond acceptors (Lipinski definition) is 5. The lowest BCUT2D eigenvalue weighted by atomic mass is 10.2. The Morgan fingerprint density at radius 1 is 1.06 bits per heavy atom. The molecule has 10 heteroatoms. The second-order valence-corrected chi connectivity index (χ2v) is 8.33. The molecule has 0 fully saturated rings. The molecule has 1 aromatic heterocycles. The predicted molar refractivity (Wildman–Crippen MR) is 123 cm³/mol. The number of anilines is 1. The van der Waals surface area contributed by atoms with Gasteiger partial charge in [-0.05, 0) is 54.1 Å². The zero-order valence-corrected chi connectivity index (χ0v) is 18.5. The zero-order chi connectivity index (χ0) is 22.7. The molecule has 0 aliphatic heterocycles. The topological polar surface area (TPSA) is 54.8 Å². The molecular weight excluding hydrogens is 479 g/mol. The van der Waals surface area contributed by atoms with Crippen LogP contribution in [0.1, 0.15) is 5.56 Å². The van der Waals surface area contributed by atoms with E-state index in [1.807, 2.05) is 0 Å². The molecular formula is C22H13Cl2F2N3O2S. The third-order valence-corrected chi connectivity index (χ3v) is 5.72. The minimum atomic E-state index is -0.547. The zero-order valence-electron chi connectivity index (χ0n) is 16.1. The van der Waals surface area contributed by atoms with Crippen LogP contribution in [-0.2, 0) is 4.79 Å². The van der Waals surface area contributed by atoms with E-state index in [-0.39, 0.29) is 15.9 Å². The smallest absolute Gasteiger partial charge is 0.287 e. The fraction of sp³-hybridized carbons (Fsp3) is 0.0455. The summed E-state index contributed by atoms with van der Waals surface area (Å²) in [5.74, 6) is -1.08. The molecule has 0 spiro atoms. The van der Waals surface area contributed by atoms with E-state index in [0.29, 0.717) is 20.8 Å². The fourth-order valence-electron chi connectivity index (χ4n) is 2.66. The number of fused-ring (bicyclic) bond motifs is 1. The molecule has 1 heterocycles. The highest BCUT2D eigenvalue weighted by molar-refractivity contribution is 7.22. The summed E-state index contributed by atoms with van der Waals surface area (Å²) in [4.78, 5) is 17.3. The quantitative estimate of drug-likeness (QED) is 0.234. The molecule has 0 atom stereocenters. The van der Waals surface area contributed by atoms with Gasteiger partial charge in [-0.25, -0.2) is 13.8 Å². The van der Waals surface area contributed by atoms with Gasteiger partial charge in [-0.1, -0.05) is 46.7 Å². The number of carbonyl (C=O) groups excluding carboxylic acids is 1. The van der Waals surface area contributed by atoms with Crippen LogP contribution in [0.2, 0.25) is 10.0 Å². The van der Waals surface area contributed by atoms with Gasteiger partial charge in [0, 0.05) is 5.02 Å². The Labute approximate surface area is 195 Å². The van der Waals surface area contributed by atoms with Crippen molar-refractivity contribution in [1.82, 2.24) is 4.98 Å². The second kappa shape index (κ2) is 9.60. The molecule has 0 aliphatic carbocycles. The summed E-state index contributed by atoms with van der Waals surface area (Å²) < 4.78 is 32.8. The number of carbonyl (C=O) groups is 1. The molecule has 1 amide bonds. The summed E-state index contributed by atoms with van der Waals surface area (Å²) in [5, 5.41) is 6.17. The van der Waals surface area contributed by atoms with Crippen molar-refractivity contribution >= 4 is 62.0 Å². The molecule has 0 bridgehead atoms. The third-order valence-electron chi connectivity index (χ3n) is 4.19. The summed E-state index contributed by atoms with van der Waals surface area (Å²) in [6, 6.07) is 14.3. The standard InChI is InChI=1S/C22H13Cl2F2N3O2S/c23-14-3-8-19(17(24)9-14)31-12-21(30)29(27-11-13-1-4-15(25)5-2-13)22-28-18-7-6-16(26)10-20(18)32-22/h1-11H,12H2/b27-11+. The van der Waals surface area contributed by atoms with E-state index in [4.69, 9.17) is 27.9 Å². The van der Waals surface area contributed by atoms with Crippen molar-refractivity contribution in [2.45, 2.75) is 0 Å². The van der Waals surface area contributed by atoms with Crippen molar-refractivity contribution in [3.63, 3.8) is 0 Å². The van der Waals surface area contributed by atoms with Gasteiger partial charge < -0.3 is 4.74 Å². The number of benzene rings is 3. The van der Waals surface area contributed by atoms with Gasteiger partial charge in [-0.3, -0.25) is 4.79 Å². The minimum Gasteiger partial charge on any atom is -0.482 e. The SMILES string of the molecule is O=C(COc1ccc(Cl)cc1Cl)N(/N=C/c1ccc(F)cc1)c1nc2ccc(F)cc2s1. The lowest BCUT2D eigenvalue weighted by molar-refractivity contribution is -0.120.